The molecule has 0 fully saturated rings. The zero-order valence-electron chi connectivity index (χ0n) is 9.00. The highest BCUT2D eigenvalue weighted by molar-refractivity contribution is 5.38. The van der Waals surface area contributed by atoms with Crippen molar-refractivity contribution in [3.63, 3.8) is 0 Å². The van der Waals surface area contributed by atoms with Gasteiger partial charge in [-0.2, -0.15) is 0 Å². The molecule has 0 radical (unpaired) electrons. The Morgan fingerprint density at radius 2 is 2.18 bits per heavy atom. The van der Waals surface area contributed by atoms with E-state index in [9.17, 15) is 0 Å². The van der Waals surface area contributed by atoms with Crippen LogP contribution in [-0.4, -0.2) is 15.1 Å². The summed E-state index contributed by atoms with van der Waals surface area (Å²) < 4.78 is 5.51. The minimum absolute atomic E-state index is 0.0312. The first-order valence-electron chi connectivity index (χ1n) is 4.98. The largest absolute Gasteiger partial charge is 0.439 e. The molecule has 0 aliphatic rings. The quantitative estimate of drug-likeness (QED) is 0.539. The van der Waals surface area contributed by atoms with E-state index >= 15 is 0 Å². The molecule has 0 saturated heterocycles. The van der Waals surface area contributed by atoms with E-state index < -0.39 is 0 Å². The minimum atomic E-state index is -0.0312. The highest BCUT2D eigenvalue weighted by Gasteiger charge is 2.01. The Kier molecular flexibility index (Phi) is 3.49. The van der Waals surface area contributed by atoms with E-state index in [2.05, 4.69) is 15.4 Å². The second-order valence-corrected chi connectivity index (χ2v) is 3.29. The zero-order chi connectivity index (χ0) is 12.1. The average Bonchev–Trinajstić information content (AvgIpc) is 2.39. The van der Waals surface area contributed by atoms with Gasteiger partial charge in [-0.25, -0.2) is 15.8 Å². The number of benzene rings is 1. The molecule has 1 aromatic carbocycles. The highest BCUT2D eigenvalue weighted by Crippen LogP contribution is 2.21. The zero-order valence-corrected chi connectivity index (χ0v) is 9.00. The number of aliphatic hydroxyl groups is 1. The lowest BCUT2D eigenvalue weighted by molar-refractivity contribution is 0.281. The van der Waals surface area contributed by atoms with Crippen LogP contribution in [0.2, 0.25) is 0 Å². The Bertz CT molecular complexity index is 459. The summed E-state index contributed by atoms with van der Waals surface area (Å²) in [6.07, 6.45) is 1.35. The van der Waals surface area contributed by atoms with Crippen molar-refractivity contribution in [1.29, 1.82) is 0 Å². The molecule has 0 atom stereocenters. The summed E-state index contributed by atoms with van der Waals surface area (Å²) >= 11 is 0. The fourth-order valence-corrected chi connectivity index (χ4v) is 1.30. The number of nitrogens with two attached hydrogens (primary N) is 1. The maximum atomic E-state index is 9.00. The van der Waals surface area contributed by atoms with Crippen molar-refractivity contribution in [2.75, 3.05) is 5.43 Å². The number of ether oxygens (including phenoxy) is 1. The van der Waals surface area contributed by atoms with Gasteiger partial charge < -0.3 is 15.3 Å². The average molecular weight is 232 g/mol. The minimum Gasteiger partial charge on any atom is -0.439 e. The standard InChI is InChI=1S/C11H12N4O2/c12-15-10-5-11(14-7-13-10)17-9-3-1-2-8(4-9)6-16/h1-5,7,16H,6,12H2,(H,13,14,15). The number of hydrogen-bond donors (Lipinski definition) is 3. The van der Waals surface area contributed by atoms with Gasteiger partial charge in [0.05, 0.1) is 6.61 Å². The number of anilines is 1. The first-order valence-corrected chi connectivity index (χ1v) is 4.98. The molecule has 1 heterocycles. The number of nitrogen functional groups attached to an aromatic ring is 1. The molecule has 6 nitrogen and oxygen atoms in total. The summed E-state index contributed by atoms with van der Waals surface area (Å²) in [5.41, 5.74) is 3.18. The summed E-state index contributed by atoms with van der Waals surface area (Å²) in [5, 5.41) is 9.00. The van der Waals surface area contributed by atoms with Gasteiger partial charge in [0.15, 0.2) is 0 Å². The molecule has 0 saturated carbocycles. The molecule has 0 spiro atoms. The van der Waals surface area contributed by atoms with E-state index in [0.29, 0.717) is 17.4 Å². The molecule has 0 aliphatic carbocycles. The van der Waals surface area contributed by atoms with Gasteiger partial charge in [-0.3, -0.25) is 0 Å². The van der Waals surface area contributed by atoms with E-state index in [1.54, 1.807) is 30.3 Å². The first-order chi connectivity index (χ1) is 8.31. The van der Waals surface area contributed by atoms with Gasteiger partial charge in [0, 0.05) is 6.07 Å². The van der Waals surface area contributed by atoms with Crippen molar-refractivity contribution < 1.29 is 9.84 Å². The van der Waals surface area contributed by atoms with Crippen molar-refractivity contribution in [3.05, 3.63) is 42.2 Å². The van der Waals surface area contributed by atoms with Gasteiger partial charge >= 0.3 is 0 Å². The van der Waals surface area contributed by atoms with Gasteiger partial charge in [0.2, 0.25) is 5.88 Å². The number of nitrogens with one attached hydrogen (secondary N) is 1. The number of rotatable bonds is 4. The summed E-state index contributed by atoms with van der Waals surface area (Å²) in [5.74, 6) is 6.67. The van der Waals surface area contributed by atoms with Gasteiger partial charge in [0.25, 0.3) is 0 Å². The molecule has 0 amide bonds. The van der Waals surface area contributed by atoms with Crippen molar-refractivity contribution in [2.45, 2.75) is 6.61 Å². The molecule has 4 N–H and O–H groups in total. The third kappa shape index (κ3) is 2.90. The summed E-state index contributed by atoms with van der Waals surface area (Å²) in [7, 11) is 0. The van der Waals surface area contributed by atoms with Crippen LogP contribution in [0.4, 0.5) is 5.82 Å². The van der Waals surface area contributed by atoms with Crippen LogP contribution in [0.25, 0.3) is 0 Å². The smallest absolute Gasteiger partial charge is 0.224 e. The third-order valence-corrected chi connectivity index (χ3v) is 2.09. The molecule has 2 rings (SSSR count). The van der Waals surface area contributed by atoms with E-state index in [-0.39, 0.29) is 6.61 Å². The van der Waals surface area contributed by atoms with Crippen LogP contribution in [0, 0.1) is 0 Å². The molecular formula is C11H12N4O2. The fraction of sp³-hybridized carbons (Fsp3) is 0.0909. The Morgan fingerprint density at radius 3 is 2.94 bits per heavy atom. The number of aliphatic hydroxyl groups excluding tert-OH is 1. The monoisotopic (exact) mass is 232 g/mol. The van der Waals surface area contributed by atoms with Gasteiger partial charge in [-0.05, 0) is 17.7 Å². The van der Waals surface area contributed by atoms with Crippen LogP contribution in [-0.2, 0) is 6.61 Å². The molecule has 0 bridgehead atoms. The number of hydrazine groups is 1. The number of nitrogens with zero attached hydrogens (tertiary/aromatic N) is 2. The van der Waals surface area contributed by atoms with Crippen molar-refractivity contribution in [3.8, 4) is 11.6 Å². The normalized spacial score (nSPS) is 10.0. The molecule has 2 aromatic rings. The van der Waals surface area contributed by atoms with E-state index in [4.69, 9.17) is 15.7 Å². The highest BCUT2D eigenvalue weighted by atomic mass is 16.5. The molecule has 6 heteroatoms. The summed E-state index contributed by atoms with van der Waals surface area (Å²) in [6, 6.07) is 8.68. The summed E-state index contributed by atoms with van der Waals surface area (Å²) in [4.78, 5) is 7.81. The molecule has 1 aromatic heterocycles. The fourth-order valence-electron chi connectivity index (χ4n) is 1.30. The Morgan fingerprint density at radius 1 is 1.29 bits per heavy atom. The Labute approximate surface area is 98.1 Å². The van der Waals surface area contributed by atoms with Gasteiger partial charge in [0.1, 0.15) is 17.9 Å². The van der Waals surface area contributed by atoms with Crippen LogP contribution in [0.15, 0.2) is 36.7 Å². The summed E-state index contributed by atoms with van der Waals surface area (Å²) in [6.45, 7) is -0.0312. The SMILES string of the molecule is NNc1cc(Oc2cccc(CO)c2)ncn1. The lowest BCUT2D eigenvalue weighted by Crippen LogP contribution is -2.08. The maximum Gasteiger partial charge on any atom is 0.224 e. The van der Waals surface area contributed by atoms with Gasteiger partial charge in [-0.1, -0.05) is 12.1 Å². The maximum absolute atomic E-state index is 9.00. The van der Waals surface area contributed by atoms with Crippen molar-refractivity contribution in [2.24, 2.45) is 5.84 Å². The predicted molar refractivity (Wildman–Crippen MR) is 62.3 cm³/mol. The van der Waals surface area contributed by atoms with E-state index in [1.807, 2.05) is 0 Å². The second-order valence-electron chi connectivity index (χ2n) is 3.29. The van der Waals surface area contributed by atoms with Crippen LogP contribution in [0.1, 0.15) is 5.56 Å². The first kappa shape index (κ1) is 11.3. The Balaban J connectivity index is 2.18. The van der Waals surface area contributed by atoms with Crippen LogP contribution in [0.3, 0.4) is 0 Å². The molecule has 0 aliphatic heterocycles. The Hall–Kier alpha value is -2.18. The molecular weight excluding hydrogens is 220 g/mol. The van der Waals surface area contributed by atoms with Crippen molar-refractivity contribution >= 4 is 5.82 Å². The van der Waals surface area contributed by atoms with E-state index in [1.165, 1.54) is 6.33 Å². The lowest BCUT2D eigenvalue weighted by atomic mass is 10.2. The molecule has 0 unspecified atom stereocenters. The van der Waals surface area contributed by atoms with Gasteiger partial charge in [-0.15, -0.1) is 0 Å². The van der Waals surface area contributed by atoms with E-state index in [0.717, 1.165) is 5.56 Å². The van der Waals surface area contributed by atoms with Crippen LogP contribution in [0.5, 0.6) is 11.6 Å². The van der Waals surface area contributed by atoms with Crippen molar-refractivity contribution in [1.82, 2.24) is 9.97 Å². The predicted octanol–water partition coefficient (Wildman–Crippen LogP) is 1.05. The molecule has 17 heavy (non-hydrogen) atoms. The molecule has 88 valence electrons. The third-order valence-electron chi connectivity index (χ3n) is 2.09. The number of aromatic nitrogens is 2. The number of hydrogen-bond acceptors (Lipinski definition) is 6. The second kappa shape index (κ2) is 5.24. The lowest BCUT2D eigenvalue weighted by Gasteiger charge is -2.06. The van der Waals surface area contributed by atoms with Crippen LogP contribution < -0.4 is 16.0 Å². The van der Waals surface area contributed by atoms with Crippen LogP contribution >= 0.6 is 0 Å². The topological polar surface area (TPSA) is 93.3 Å².